The zero-order chi connectivity index (χ0) is 17.9. The molecular weight excluding hydrogens is 384 g/mol. The maximum Gasteiger partial charge on any atom is 0.274 e. The third-order valence-electron chi connectivity index (χ3n) is 4.59. The van der Waals surface area contributed by atoms with Crippen molar-refractivity contribution in [1.29, 1.82) is 0 Å². The summed E-state index contributed by atoms with van der Waals surface area (Å²) >= 11 is 1.62. The highest BCUT2D eigenvalue weighted by molar-refractivity contribution is 7.13. The summed E-state index contributed by atoms with van der Waals surface area (Å²) in [4.78, 5) is 16.1. The number of amides is 1. The van der Waals surface area contributed by atoms with Crippen LogP contribution in [-0.2, 0) is 0 Å². The molecule has 4 rings (SSSR count). The number of hydrogen-bond donors (Lipinski definition) is 2. The van der Waals surface area contributed by atoms with Crippen LogP contribution in [0.4, 0.5) is 0 Å². The number of hydrogen-bond acceptors (Lipinski definition) is 5. The normalized spacial score (nSPS) is 16.6. The van der Waals surface area contributed by atoms with Gasteiger partial charge in [0.05, 0.1) is 23.7 Å². The van der Waals surface area contributed by atoms with Crippen LogP contribution in [0.2, 0.25) is 0 Å². The molecule has 8 heteroatoms. The molecule has 0 radical (unpaired) electrons. The molecule has 1 fully saturated rings. The standard InChI is InChI=1S/C19H20N4O2S.ClH/c1-25-17-6-3-2-5-13(17)16-12-20-8-9-23(16)19(24)15-11-14(21-22-15)18-7-4-10-26-18;/h2-7,10-11,16,20H,8-9,12H2,1H3,(H,21,22);1H. The largest absolute Gasteiger partial charge is 0.496 e. The topological polar surface area (TPSA) is 70.2 Å². The SMILES string of the molecule is COc1ccccc1C1CNCCN1C(=O)c1cc(-c2cccs2)[nH]n1.Cl. The van der Waals surface area contributed by atoms with Crippen LogP contribution in [0, 0.1) is 0 Å². The first-order valence-corrected chi connectivity index (χ1v) is 9.40. The number of para-hydroxylation sites is 1. The number of halogens is 1. The van der Waals surface area contributed by atoms with Crippen LogP contribution < -0.4 is 10.1 Å². The molecule has 1 atom stereocenters. The van der Waals surface area contributed by atoms with Gasteiger partial charge in [-0.05, 0) is 23.6 Å². The fraction of sp³-hybridized carbons (Fsp3) is 0.263. The van der Waals surface area contributed by atoms with Crippen molar-refractivity contribution in [3.05, 3.63) is 59.1 Å². The summed E-state index contributed by atoms with van der Waals surface area (Å²) < 4.78 is 5.50. The van der Waals surface area contributed by atoms with E-state index in [-0.39, 0.29) is 24.4 Å². The molecule has 1 aromatic carbocycles. The number of ether oxygens (including phenoxy) is 1. The molecule has 27 heavy (non-hydrogen) atoms. The van der Waals surface area contributed by atoms with E-state index in [4.69, 9.17) is 4.74 Å². The molecular formula is C19H21ClN4O2S. The van der Waals surface area contributed by atoms with Crippen molar-refractivity contribution in [2.75, 3.05) is 26.7 Å². The summed E-state index contributed by atoms with van der Waals surface area (Å²) in [6, 6.07) is 13.6. The Kier molecular flexibility index (Phi) is 6.15. The van der Waals surface area contributed by atoms with Crippen LogP contribution >= 0.6 is 23.7 Å². The number of nitrogens with zero attached hydrogens (tertiary/aromatic N) is 2. The van der Waals surface area contributed by atoms with Gasteiger partial charge in [0.15, 0.2) is 5.69 Å². The number of piperazine rings is 1. The molecule has 6 nitrogen and oxygen atoms in total. The number of aromatic nitrogens is 2. The van der Waals surface area contributed by atoms with Crippen LogP contribution in [0.15, 0.2) is 47.8 Å². The Morgan fingerprint density at radius 3 is 2.93 bits per heavy atom. The van der Waals surface area contributed by atoms with Gasteiger partial charge < -0.3 is 15.0 Å². The first-order valence-electron chi connectivity index (χ1n) is 8.52. The molecule has 0 bridgehead atoms. The molecule has 3 aromatic rings. The van der Waals surface area contributed by atoms with Crippen LogP contribution in [0.5, 0.6) is 5.75 Å². The van der Waals surface area contributed by atoms with Gasteiger partial charge in [-0.25, -0.2) is 0 Å². The van der Waals surface area contributed by atoms with Gasteiger partial charge >= 0.3 is 0 Å². The van der Waals surface area contributed by atoms with Crippen molar-refractivity contribution in [3.63, 3.8) is 0 Å². The van der Waals surface area contributed by atoms with E-state index >= 15 is 0 Å². The molecule has 0 aliphatic carbocycles. The van der Waals surface area contributed by atoms with Crippen molar-refractivity contribution in [3.8, 4) is 16.3 Å². The zero-order valence-corrected chi connectivity index (χ0v) is 16.5. The lowest BCUT2D eigenvalue weighted by Gasteiger charge is -2.36. The second-order valence-electron chi connectivity index (χ2n) is 6.10. The molecule has 1 saturated heterocycles. The summed E-state index contributed by atoms with van der Waals surface area (Å²) in [6.45, 7) is 2.08. The quantitative estimate of drug-likeness (QED) is 0.699. The Morgan fingerprint density at radius 1 is 1.30 bits per heavy atom. The molecule has 1 aliphatic rings. The predicted octanol–water partition coefficient (Wildman–Crippen LogP) is 3.36. The second kappa shape index (κ2) is 8.56. The number of H-pyrrole nitrogens is 1. The number of benzene rings is 1. The van der Waals surface area contributed by atoms with E-state index in [9.17, 15) is 4.79 Å². The average Bonchev–Trinajstić information content (AvgIpc) is 3.39. The van der Waals surface area contributed by atoms with E-state index in [0.717, 1.165) is 28.4 Å². The summed E-state index contributed by atoms with van der Waals surface area (Å²) in [5, 5.41) is 12.6. The van der Waals surface area contributed by atoms with Crippen LogP contribution in [0.25, 0.3) is 10.6 Å². The number of rotatable bonds is 4. The van der Waals surface area contributed by atoms with Crippen LogP contribution in [0.1, 0.15) is 22.1 Å². The Bertz CT molecular complexity index is 897. The maximum absolute atomic E-state index is 13.1. The van der Waals surface area contributed by atoms with Crippen molar-refractivity contribution in [2.45, 2.75) is 6.04 Å². The van der Waals surface area contributed by atoms with Crippen molar-refractivity contribution in [1.82, 2.24) is 20.4 Å². The van der Waals surface area contributed by atoms with Crippen molar-refractivity contribution < 1.29 is 9.53 Å². The molecule has 2 N–H and O–H groups in total. The molecule has 3 heterocycles. The van der Waals surface area contributed by atoms with Crippen LogP contribution in [0.3, 0.4) is 0 Å². The smallest absolute Gasteiger partial charge is 0.274 e. The molecule has 0 spiro atoms. The third kappa shape index (κ3) is 3.85. The van der Waals surface area contributed by atoms with Gasteiger partial charge in [0, 0.05) is 25.2 Å². The minimum atomic E-state index is -0.0886. The number of carbonyl (C=O) groups is 1. The summed E-state index contributed by atoms with van der Waals surface area (Å²) in [7, 11) is 1.66. The van der Waals surface area contributed by atoms with Gasteiger partial charge in [-0.2, -0.15) is 5.10 Å². The highest BCUT2D eigenvalue weighted by atomic mass is 35.5. The van der Waals surface area contributed by atoms with Crippen molar-refractivity contribution >= 4 is 29.7 Å². The van der Waals surface area contributed by atoms with Gasteiger partial charge in [0.1, 0.15) is 5.75 Å². The molecule has 142 valence electrons. The minimum Gasteiger partial charge on any atom is -0.496 e. The third-order valence-corrected chi connectivity index (χ3v) is 5.49. The highest BCUT2D eigenvalue weighted by Crippen LogP contribution is 2.31. The Morgan fingerprint density at radius 2 is 2.15 bits per heavy atom. The molecule has 0 saturated carbocycles. The van der Waals surface area contributed by atoms with Gasteiger partial charge in [-0.3, -0.25) is 9.89 Å². The minimum absolute atomic E-state index is 0. The van der Waals surface area contributed by atoms with E-state index in [0.29, 0.717) is 18.8 Å². The van der Waals surface area contributed by atoms with E-state index in [1.165, 1.54) is 0 Å². The van der Waals surface area contributed by atoms with Crippen LogP contribution in [-0.4, -0.2) is 47.7 Å². The number of carbonyl (C=O) groups excluding carboxylic acids is 1. The molecule has 2 aromatic heterocycles. The highest BCUT2D eigenvalue weighted by Gasteiger charge is 2.31. The second-order valence-corrected chi connectivity index (χ2v) is 7.05. The fourth-order valence-electron chi connectivity index (χ4n) is 3.30. The Balaban J connectivity index is 0.00000210. The molecule has 1 aliphatic heterocycles. The van der Waals surface area contributed by atoms with Gasteiger partial charge in [0.2, 0.25) is 0 Å². The van der Waals surface area contributed by atoms with E-state index < -0.39 is 0 Å². The first kappa shape index (κ1) is 19.4. The monoisotopic (exact) mass is 404 g/mol. The lowest BCUT2D eigenvalue weighted by atomic mass is 10.0. The maximum atomic E-state index is 13.1. The number of aromatic amines is 1. The predicted molar refractivity (Wildman–Crippen MR) is 109 cm³/mol. The summed E-state index contributed by atoms with van der Waals surface area (Å²) in [6.07, 6.45) is 0. The average molecular weight is 405 g/mol. The summed E-state index contributed by atoms with van der Waals surface area (Å²) in [5.74, 6) is 0.724. The van der Waals surface area contributed by atoms with Gasteiger partial charge in [-0.1, -0.05) is 24.3 Å². The van der Waals surface area contributed by atoms with Gasteiger partial charge in [0.25, 0.3) is 5.91 Å². The first-order chi connectivity index (χ1) is 12.8. The van der Waals surface area contributed by atoms with E-state index in [1.54, 1.807) is 18.4 Å². The lowest BCUT2D eigenvalue weighted by molar-refractivity contribution is 0.0625. The van der Waals surface area contributed by atoms with Crippen molar-refractivity contribution in [2.24, 2.45) is 0 Å². The molecule has 1 amide bonds. The van der Waals surface area contributed by atoms with E-state index in [1.807, 2.05) is 52.7 Å². The number of thiophene rings is 1. The lowest BCUT2D eigenvalue weighted by Crippen LogP contribution is -2.48. The zero-order valence-electron chi connectivity index (χ0n) is 14.8. The van der Waals surface area contributed by atoms with E-state index in [2.05, 4.69) is 15.5 Å². The number of nitrogens with one attached hydrogen (secondary N) is 2. The molecule has 1 unspecified atom stereocenters. The fourth-order valence-corrected chi connectivity index (χ4v) is 4.00. The number of methoxy groups -OCH3 is 1. The Labute approximate surface area is 168 Å². The summed E-state index contributed by atoms with van der Waals surface area (Å²) in [5.41, 5.74) is 2.31. The van der Waals surface area contributed by atoms with Gasteiger partial charge in [-0.15, -0.1) is 23.7 Å². The Hall–Kier alpha value is -2.35.